The van der Waals surface area contributed by atoms with Gasteiger partial charge in [0.2, 0.25) is 5.91 Å². The molecular formula is C26H24N6NaO7S. The van der Waals surface area contributed by atoms with Crippen LogP contribution in [0.2, 0.25) is 0 Å². The van der Waals surface area contributed by atoms with Crippen molar-refractivity contribution in [3.8, 4) is 17.2 Å². The van der Waals surface area contributed by atoms with E-state index in [1.54, 1.807) is 24.3 Å². The number of anilines is 2. The molecule has 1 radical (unpaired) electrons. The molecule has 0 aliphatic carbocycles. The molecule has 4 rings (SSSR count). The molecule has 5 N–H and O–H groups in total. The molecular weight excluding hydrogens is 563 g/mol. The van der Waals surface area contributed by atoms with Gasteiger partial charge in [-0.05, 0) is 35.7 Å². The van der Waals surface area contributed by atoms with Gasteiger partial charge in [0.05, 0.1) is 35.9 Å². The molecule has 0 saturated heterocycles. The number of phenols is 1. The number of amides is 1. The van der Waals surface area contributed by atoms with Crippen molar-refractivity contribution in [2.24, 2.45) is 20.5 Å². The first-order valence-corrected chi connectivity index (χ1v) is 12.9. The maximum Gasteiger partial charge on any atom is 0.294 e. The molecule has 1 amide bonds. The number of benzene rings is 4. The average molecular weight is 588 g/mol. The summed E-state index contributed by atoms with van der Waals surface area (Å²) in [4.78, 5) is 10.8. The van der Waals surface area contributed by atoms with Crippen molar-refractivity contribution < 1.29 is 32.3 Å². The van der Waals surface area contributed by atoms with Gasteiger partial charge in [-0.2, -0.15) is 13.5 Å². The smallest absolute Gasteiger partial charge is 0.294 e. The number of carbonyl (C=O) groups excluding carboxylic acids is 1. The largest absolute Gasteiger partial charge is 0.507 e. The maximum absolute atomic E-state index is 11.6. The van der Waals surface area contributed by atoms with Crippen molar-refractivity contribution in [2.45, 2.75) is 11.8 Å². The van der Waals surface area contributed by atoms with Gasteiger partial charge in [-0.15, -0.1) is 15.3 Å². The van der Waals surface area contributed by atoms with Gasteiger partial charge in [0, 0.05) is 60.4 Å². The quantitative estimate of drug-likeness (QED) is 0.0858. The number of nitrogens with zero attached hydrogens (tertiary/aromatic N) is 4. The van der Waals surface area contributed by atoms with Gasteiger partial charge in [0.1, 0.15) is 34.3 Å². The molecule has 15 heteroatoms. The summed E-state index contributed by atoms with van der Waals surface area (Å²) in [5, 5.41) is 30.5. The Morgan fingerprint density at radius 1 is 0.902 bits per heavy atom. The number of methoxy groups -OCH3 is 2. The van der Waals surface area contributed by atoms with E-state index >= 15 is 0 Å². The summed E-state index contributed by atoms with van der Waals surface area (Å²) in [6.07, 6.45) is 0. The molecule has 0 aromatic heterocycles. The van der Waals surface area contributed by atoms with E-state index in [1.807, 2.05) is 0 Å². The monoisotopic (exact) mass is 587 g/mol. The molecule has 0 unspecified atom stereocenters. The maximum atomic E-state index is 11.6. The van der Waals surface area contributed by atoms with E-state index in [0.29, 0.717) is 22.8 Å². The molecule has 4 aromatic rings. The third kappa shape index (κ3) is 7.36. The minimum Gasteiger partial charge on any atom is -0.507 e. The molecule has 0 heterocycles. The summed E-state index contributed by atoms with van der Waals surface area (Å²) in [6, 6.07) is 14.9. The molecule has 41 heavy (non-hydrogen) atoms. The number of nitrogens with two attached hydrogens (primary N) is 1. The van der Waals surface area contributed by atoms with E-state index in [0.717, 1.165) is 6.07 Å². The molecule has 0 spiro atoms. The number of aromatic hydroxyl groups is 1. The Morgan fingerprint density at radius 3 is 2.12 bits per heavy atom. The van der Waals surface area contributed by atoms with E-state index in [1.165, 1.54) is 51.5 Å². The van der Waals surface area contributed by atoms with E-state index in [4.69, 9.17) is 15.2 Å². The minimum atomic E-state index is -4.55. The van der Waals surface area contributed by atoms with Crippen molar-refractivity contribution in [1.82, 2.24) is 0 Å². The zero-order chi connectivity index (χ0) is 29.0. The zero-order valence-electron chi connectivity index (χ0n) is 22.5. The van der Waals surface area contributed by atoms with Crippen LogP contribution in [-0.4, -0.2) is 67.8 Å². The van der Waals surface area contributed by atoms with Gasteiger partial charge < -0.3 is 25.6 Å². The number of carbonyl (C=O) groups is 1. The van der Waals surface area contributed by atoms with Crippen molar-refractivity contribution in [3.63, 3.8) is 0 Å². The Hall–Kier alpha value is -4.08. The standard InChI is InChI=1S/C26H24N6O7S.Na/c1-14(33)28-16-5-4-6-17(10-16)29-30-20-12-24(39-3)21(13-23(20)38-2)31-32-26-19(27)8-7-15-9-18(40(35,36)37)11-22(34)25(15)26;/h4-13,34H,27H2,1-3H3,(H,28,33)(H,35,36,37);. The topological polar surface area (TPSA) is 198 Å². The number of azo groups is 2. The Balaban J connectivity index is 0.00000462. The van der Waals surface area contributed by atoms with E-state index in [2.05, 4.69) is 25.8 Å². The van der Waals surface area contributed by atoms with Crippen LogP contribution >= 0.6 is 0 Å². The van der Waals surface area contributed by atoms with Crippen molar-refractivity contribution in [2.75, 3.05) is 25.3 Å². The van der Waals surface area contributed by atoms with Gasteiger partial charge in [-0.3, -0.25) is 9.35 Å². The van der Waals surface area contributed by atoms with Crippen LogP contribution in [0.4, 0.5) is 34.1 Å². The third-order valence-corrected chi connectivity index (χ3v) is 6.38. The fourth-order valence-corrected chi connectivity index (χ4v) is 4.29. The molecule has 0 saturated carbocycles. The molecule has 0 aliphatic rings. The summed E-state index contributed by atoms with van der Waals surface area (Å²) in [6.45, 7) is 1.40. The Kier molecular flexibility index (Phi) is 10.0. The fourth-order valence-electron chi connectivity index (χ4n) is 3.76. The summed E-state index contributed by atoms with van der Waals surface area (Å²) in [7, 11) is -1.69. The van der Waals surface area contributed by atoms with Crippen molar-refractivity contribution in [1.29, 1.82) is 0 Å². The molecule has 4 aromatic carbocycles. The molecule has 0 fully saturated rings. The van der Waals surface area contributed by atoms with E-state index < -0.39 is 20.8 Å². The van der Waals surface area contributed by atoms with Crippen molar-refractivity contribution >= 4 is 90.5 Å². The summed E-state index contributed by atoms with van der Waals surface area (Å²) in [5.41, 5.74) is 7.92. The van der Waals surface area contributed by atoms with Gasteiger partial charge in [-0.25, -0.2) is 0 Å². The van der Waals surface area contributed by atoms with Crippen LogP contribution in [0.1, 0.15) is 6.92 Å². The number of fused-ring (bicyclic) bond motifs is 1. The number of hydrogen-bond donors (Lipinski definition) is 4. The third-order valence-electron chi connectivity index (χ3n) is 5.55. The summed E-state index contributed by atoms with van der Waals surface area (Å²) < 4.78 is 43.4. The SMILES string of the molecule is COc1cc(N=Nc2c(N)ccc3cc(S(=O)(=O)O)cc(O)c23)c(OC)cc1N=Nc1cccc(NC(C)=O)c1.[Na]. The number of phenolic OH excluding ortho intramolecular Hbond substituents is 1. The number of rotatable bonds is 8. The van der Waals surface area contributed by atoms with Gasteiger partial charge >= 0.3 is 0 Å². The molecule has 207 valence electrons. The molecule has 13 nitrogen and oxygen atoms in total. The van der Waals surface area contributed by atoms with Crippen LogP contribution < -0.4 is 20.5 Å². The second kappa shape index (κ2) is 13.1. The summed E-state index contributed by atoms with van der Waals surface area (Å²) >= 11 is 0. The first kappa shape index (κ1) is 31.4. The summed E-state index contributed by atoms with van der Waals surface area (Å²) in [5.74, 6) is -0.118. The average Bonchev–Trinajstić information content (AvgIpc) is 2.90. The van der Waals surface area contributed by atoms with E-state index in [9.17, 15) is 22.9 Å². The van der Waals surface area contributed by atoms with Crippen molar-refractivity contribution in [3.05, 3.63) is 60.7 Å². The van der Waals surface area contributed by atoms with Gasteiger partial charge in [0.15, 0.2) is 0 Å². The predicted molar refractivity (Wildman–Crippen MR) is 154 cm³/mol. The fraction of sp³-hybridized carbons (Fsp3) is 0.115. The molecule has 0 atom stereocenters. The van der Waals surface area contributed by atoms with Crippen LogP contribution in [0.3, 0.4) is 0 Å². The van der Waals surface area contributed by atoms with Crippen LogP contribution in [0.25, 0.3) is 10.8 Å². The minimum absolute atomic E-state index is 0. The molecule has 0 bridgehead atoms. The Morgan fingerprint density at radius 2 is 1.54 bits per heavy atom. The van der Waals surface area contributed by atoms with Crippen LogP contribution in [0, 0.1) is 0 Å². The number of hydrogen-bond acceptors (Lipinski definition) is 11. The number of nitrogen functional groups attached to an aromatic ring is 1. The Bertz CT molecular complexity index is 1800. The van der Waals surface area contributed by atoms with Crippen LogP contribution in [0.15, 0.2) is 86.0 Å². The molecule has 0 aliphatic heterocycles. The second-order valence-electron chi connectivity index (χ2n) is 8.35. The predicted octanol–water partition coefficient (Wildman–Crippen LogP) is 5.80. The Labute approximate surface area is 257 Å². The van der Waals surface area contributed by atoms with Crippen LogP contribution in [-0.2, 0) is 14.9 Å². The normalized spacial score (nSPS) is 11.5. The number of ether oxygens (including phenoxy) is 2. The van der Waals surface area contributed by atoms with Gasteiger partial charge in [-0.1, -0.05) is 12.1 Å². The number of nitrogens with one attached hydrogen (secondary N) is 1. The van der Waals surface area contributed by atoms with Crippen LogP contribution in [0.5, 0.6) is 17.2 Å². The van der Waals surface area contributed by atoms with Gasteiger partial charge in [0.25, 0.3) is 10.1 Å². The van der Waals surface area contributed by atoms with E-state index in [-0.39, 0.29) is 69.0 Å². The second-order valence-corrected chi connectivity index (χ2v) is 9.77. The first-order chi connectivity index (χ1) is 19.0. The first-order valence-electron chi connectivity index (χ1n) is 11.5. The zero-order valence-corrected chi connectivity index (χ0v) is 25.3.